The molecule has 4 atom stereocenters. The molecule has 0 spiro atoms. The maximum atomic E-state index is 13.6. The van der Waals surface area contributed by atoms with Crippen LogP contribution in [-0.2, 0) is 20.9 Å². The van der Waals surface area contributed by atoms with Crippen molar-refractivity contribution in [3.05, 3.63) is 39.8 Å². The van der Waals surface area contributed by atoms with Crippen LogP contribution in [0.2, 0.25) is 0 Å². The Labute approximate surface area is 200 Å². The number of pyridine rings is 1. The molecule has 4 aliphatic rings. The van der Waals surface area contributed by atoms with Crippen LogP contribution in [-0.4, -0.2) is 59.3 Å². The van der Waals surface area contributed by atoms with E-state index in [-0.39, 0.29) is 35.9 Å². The summed E-state index contributed by atoms with van der Waals surface area (Å²) in [4.78, 5) is 42.4. The predicted molar refractivity (Wildman–Crippen MR) is 127 cm³/mol. The summed E-state index contributed by atoms with van der Waals surface area (Å²) < 4.78 is 6.84. The summed E-state index contributed by atoms with van der Waals surface area (Å²) in [6, 6.07) is 2.89. The van der Waals surface area contributed by atoms with Gasteiger partial charge >= 0.3 is 0 Å². The van der Waals surface area contributed by atoms with Crippen molar-refractivity contribution in [2.45, 2.75) is 63.6 Å². The number of aliphatic hydroxyl groups is 1. The second kappa shape index (κ2) is 9.66. The summed E-state index contributed by atoms with van der Waals surface area (Å²) in [7, 11) is 1.58. The third kappa shape index (κ3) is 3.81. The minimum atomic E-state index is -0.608. The lowest BCUT2D eigenvalue weighted by molar-refractivity contribution is -0.143. The Balaban J connectivity index is 1.57. The molecule has 2 fully saturated rings. The van der Waals surface area contributed by atoms with Gasteiger partial charge in [0.1, 0.15) is 0 Å². The second-order valence-corrected chi connectivity index (χ2v) is 10.1. The molecule has 1 aromatic rings. The summed E-state index contributed by atoms with van der Waals surface area (Å²) in [6.07, 6.45) is 9.05. The largest absolute Gasteiger partial charge is 0.396 e. The molecule has 2 aliphatic carbocycles. The maximum absolute atomic E-state index is 13.6. The second-order valence-electron chi connectivity index (χ2n) is 10.1. The first-order valence-corrected chi connectivity index (χ1v) is 12.7. The summed E-state index contributed by atoms with van der Waals surface area (Å²) >= 11 is 0. The molecule has 5 rings (SSSR count). The molecule has 34 heavy (non-hydrogen) atoms. The monoisotopic (exact) mass is 469 g/mol. The first-order chi connectivity index (χ1) is 16.6. The number of rotatable bonds is 7. The number of hydrogen-bond acceptors (Lipinski definition) is 5. The first-order valence-electron chi connectivity index (χ1n) is 12.7. The fourth-order valence-electron chi connectivity index (χ4n) is 6.30. The Kier molecular flexibility index (Phi) is 6.62. The van der Waals surface area contributed by atoms with Gasteiger partial charge < -0.3 is 24.6 Å². The number of aromatic nitrogens is 1. The van der Waals surface area contributed by atoms with Gasteiger partial charge in [-0.25, -0.2) is 0 Å². The highest BCUT2D eigenvalue weighted by Gasteiger charge is 2.58. The number of carbonyl (C=O) groups is 2. The van der Waals surface area contributed by atoms with E-state index in [1.807, 2.05) is 17.0 Å². The summed E-state index contributed by atoms with van der Waals surface area (Å²) in [5, 5.41) is 13.3. The van der Waals surface area contributed by atoms with Crippen molar-refractivity contribution >= 4 is 17.4 Å². The third-order valence-electron chi connectivity index (χ3n) is 8.30. The van der Waals surface area contributed by atoms with Crippen molar-refractivity contribution in [3.8, 4) is 0 Å². The van der Waals surface area contributed by atoms with E-state index < -0.39 is 17.9 Å². The number of nitrogens with zero attached hydrogens (tertiary/aromatic N) is 2. The molecule has 0 unspecified atom stereocenters. The Morgan fingerprint density at radius 3 is 2.68 bits per heavy atom. The smallest absolute Gasteiger partial charge is 0.258 e. The van der Waals surface area contributed by atoms with Gasteiger partial charge in [0.05, 0.1) is 24.6 Å². The third-order valence-corrected chi connectivity index (χ3v) is 8.30. The minimum Gasteiger partial charge on any atom is -0.396 e. The topological polar surface area (TPSA) is 101 Å². The van der Waals surface area contributed by atoms with Crippen molar-refractivity contribution in [1.29, 1.82) is 0 Å². The molecular formula is C26H35N3O5. The lowest BCUT2D eigenvalue weighted by Gasteiger charge is -2.41. The Hall–Kier alpha value is -2.45. The van der Waals surface area contributed by atoms with Gasteiger partial charge in [-0.05, 0) is 56.2 Å². The molecule has 2 aliphatic heterocycles. The number of aliphatic hydroxyl groups excluding tert-OH is 1. The Morgan fingerprint density at radius 2 is 2.03 bits per heavy atom. The molecule has 8 nitrogen and oxygen atoms in total. The number of nitrogens with one attached hydrogen (secondary N) is 1. The number of fused-ring (bicyclic) bond motifs is 4. The van der Waals surface area contributed by atoms with Gasteiger partial charge in [-0.2, -0.15) is 0 Å². The van der Waals surface area contributed by atoms with Crippen LogP contribution in [0.15, 0.2) is 23.0 Å². The number of amides is 2. The number of hydrogen-bond donors (Lipinski definition) is 2. The van der Waals surface area contributed by atoms with E-state index in [0.717, 1.165) is 56.1 Å². The van der Waals surface area contributed by atoms with Gasteiger partial charge in [-0.3, -0.25) is 14.4 Å². The predicted octanol–water partition coefficient (Wildman–Crippen LogP) is 1.86. The molecular weight excluding hydrogens is 434 g/mol. The van der Waals surface area contributed by atoms with Gasteiger partial charge in [0, 0.05) is 49.9 Å². The van der Waals surface area contributed by atoms with E-state index in [1.165, 1.54) is 0 Å². The van der Waals surface area contributed by atoms with E-state index in [9.17, 15) is 19.5 Å². The van der Waals surface area contributed by atoms with Crippen LogP contribution in [0.1, 0.15) is 62.2 Å². The molecule has 2 amide bonds. The van der Waals surface area contributed by atoms with Gasteiger partial charge in [0.15, 0.2) is 0 Å². The van der Waals surface area contributed by atoms with Crippen LogP contribution >= 0.6 is 0 Å². The molecule has 2 bridgehead atoms. The van der Waals surface area contributed by atoms with Gasteiger partial charge in [-0.15, -0.1) is 0 Å². The fraction of sp³-hybridized carbons (Fsp3) is 0.654. The summed E-state index contributed by atoms with van der Waals surface area (Å²) in [5.74, 6) is -1.19. The van der Waals surface area contributed by atoms with Crippen LogP contribution in [0.25, 0.3) is 5.57 Å². The Bertz CT molecular complexity index is 1040. The maximum Gasteiger partial charge on any atom is 0.258 e. The molecule has 184 valence electrons. The normalized spacial score (nSPS) is 28.2. The quantitative estimate of drug-likeness (QED) is 0.594. The van der Waals surface area contributed by atoms with E-state index in [0.29, 0.717) is 25.4 Å². The highest BCUT2D eigenvalue weighted by Crippen LogP contribution is 2.50. The van der Waals surface area contributed by atoms with Gasteiger partial charge in [-0.1, -0.05) is 12.5 Å². The standard InChI is InChI=1S/C26H35N3O5/c1-34-13-12-27-24(31)22-19(15-30)21-14-28-20(23(22)29(21)25(32)17-8-5-9-17)11-10-18(26(28)33)16-6-3-2-4-7-16/h6,10-11,17,19,21-23,30H,2-5,7-9,12-15H2,1H3,(H,27,31)/t19-,21-,22+,23+/m0/s1. The van der Waals surface area contributed by atoms with Gasteiger partial charge in [0.25, 0.3) is 5.56 Å². The fourth-order valence-corrected chi connectivity index (χ4v) is 6.30. The van der Waals surface area contributed by atoms with Crippen molar-refractivity contribution in [2.75, 3.05) is 26.9 Å². The first kappa shape index (κ1) is 23.3. The number of methoxy groups -OCH3 is 1. The highest BCUT2D eigenvalue weighted by atomic mass is 16.5. The van der Waals surface area contributed by atoms with Gasteiger partial charge in [0.2, 0.25) is 11.8 Å². The number of ether oxygens (including phenoxy) is 1. The van der Waals surface area contributed by atoms with Crippen LogP contribution < -0.4 is 10.9 Å². The molecule has 0 aromatic carbocycles. The van der Waals surface area contributed by atoms with Crippen molar-refractivity contribution in [3.63, 3.8) is 0 Å². The molecule has 1 saturated heterocycles. The van der Waals surface area contributed by atoms with Crippen LogP contribution in [0.3, 0.4) is 0 Å². The van der Waals surface area contributed by atoms with Crippen molar-refractivity contribution < 1.29 is 19.4 Å². The highest BCUT2D eigenvalue weighted by molar-refractivity contribution is 5.85. The molecule has 1 saturated carbocycles. The van der Waals surface area contributed by atoms with E-state index in [4.69, 9.17) is 4.74 Å². The zero-order valence-corrected chi connectivity index (χ0v) is 19.9. The van der Waals surface area contributed by atoms with Crippen molar-refractivity contribution in [1.82, 2.24) is 14.8 Å². The molecule has 3 heterocycles. The summed E-state index contributed by atoms with van der Waals surface area (Å²) in [6.45, 7) is 0.851. The summed E-state index contributed by atoms with van der Waals surface area (Å²) in [5.41, 5.74) is 2.48. The van der Waals surface area contributed by atoms with Crippen LogP contribution in [0, 0.1) is 17.8 Å². The molecule has 2 N–H and O–H groups in total. The van der Waals surface area contributed by atoms with Crippen LogP contribution in [0.4, 0.5) is 0 Å². The molecule has 1 aromatic heterocycles. The van der Waals surface area contributed by atoms with E-state index in [2.05, 4.69) is 11.4 Å². The average Bonchev–Trinajstić information content (AvgIpc) is 3.06. The zero-order valence-electron chi connectivity index (χ0n) is 19.9. The van der Waals surface area contributed by atoms with E-state index >= 15 is 0 Å². The molecule has 0 radical (unpaired) electrons. The average molecular weight is 470 g/mol. The Morgan fingerprint density at radius 1 is 1.21 bits per heavy atom. The zero-order chi connectivity index (χ0) is 23.8. The number of allylic oxidation sites excluding steroid dienone is 2. The van der Waals surface area contributed by atoms with Crippen LogP contribution in [0.5, 0.6) is 0 Å². The lowest BCUT2D eigenvalue weighted by Crippen LogP contribution is -2.52. The SMILES string of the molecule is COCCNC(=O)[C@@H]1[C@@H](CO)[C@@H]2Cn3c(ccc(C4=CCCCC4)c3=O)[C@H]1N2C(=O)C1CCC1. The number of carbonyl (C=O) groups excluding carboxylic acids is 2. The molecule has 8 heteroatoms. The minimum absolute atomic E-state index is 0.0235. The van der Waals surface area contributed by atoms with E-state index in [1.54, 1.807) is 11.7 Å². The van der Waals surface area contributed by atoms with Crippen molar-refractivity contribution in [2.24, 2.45) is 17.8 Å². The lowest BCUT2D eigenvalue weighted by atomic mass is 9.83.